The van der Waals surface area contributed by atoms with Gasteiger partial charge < -0.3 is 5.73 Å². The first-order valence-electron chi connectivity index (χ1n) is 4.04. The molecule has 0 fully saturated rings. The molecule has 0 radical (unpaired) electrons. The Morgan fingerprint density at radius 2 is 2.00 bits per heavy atom. The average molecular weight is 233 g/mol. The highest BCUT2D eigenvalue weighted by Crippen LogP contribution is 2.24. The number of rotatable bonds is 3. The smallest absolute Gasteiger partial charge is 0.181 e. The van der Waals surface area contributed by atoms with Crippen LogP contribution in [-0.2, 0) is 0 Å². The Labute approximate surface area is 92.6 Å². The van der Waals surface area contributed by atoms with E-state index in [9.17, 15) is 4.79 Å². The summed E-state index contributed by atoms with van der Waals surface area (Å²) in [6.07, 6.45) is 0. The van der Waals surface area contributed by atoms with E-state index in [0.29, 0.717) is 11.3 Å². The molecule has 0 bridgehead atoms. The van der Waals surface area contributed by atoms with Crippen LogP contribution < -0.4 is 9.67 Å². The third kappa shape index (κ3) is 2.38. The van der Waals surface area contributed by atoms with Crippen LogP contribution in [0, 0.1) is 0 Å². The molecule has 76 valence electrons. The second-order valence-corrected chi connectivity index (χ2v) is 3.75. The molecule has 0 aliphatic heterocycles. The van der Waals surface area contributed by atoms with E-state index in [2.05, 4.69) is 0 Å². The van der Waals surface area contributed by atoms with Gasteiger partial charge in [0.25, 0.3) is 0 Å². The molecular weight excluding hydrogens is 223 g/mol. The van der Waals surface area contributed by atoms with Crippen LogP contribution in [0.4, 0.5) is 5.69 Å². The third-order valence-electron chi connectivity index (χ3n) is 1.77. The molecule has 0 aromatic heterocycles. The van der Waals surface area contributed by atoms with Gasteiger partial charge in [-0.15, -0.1) is 0 Å². The van der Waals surface area contributed by atoms with Crippen molar-refractivity contribution in [3.05, 3.63) is 29.8 Å². The fourth-order valence-corrected chi connectivity index (χ4v) is 1.37. The lowest BCUT2D eigenvalue weighted by molar-refractivity contribution is 0.0968. The van der Waals surface area contributed by atoms with E-state index in [1.165, 1.54) is 0 Å². The van der Waals surface area contributed by atoms with E-state index >= 15 is 0 Å². The molecule has 2 N–H and O–H groups in total. The number of halogens is 2. The van der Waals surface area contributed by atoms with Crippen molar-refractivity contribution in [3.63, 3.8) is 0 Å². The summed E-state index contributed by atoms with van der Waals surface area (Å²) < 4.78 is 0.857. The molecular formula is C9H10Cl2N2O. The predicted molar refractivity (Wildman–Crippen MR) is 58.6 cm³/mol. The number of ketones is 1. The standard InChI is InChI=1S/C9H10Cl2N2O/c1-6(12)9(14)7-4-2-3-5-8(7)13(10)11/h2-6H,12H2,1H3/t6-/m0/s1. The molecule has 1 atom stereocenters. The minimum absolute atomic E-state index is 0.188. The average Bonchev–Trinajstić information content (AvgIpc) is 2.16. The van der Waals surface area contributed by atoms with Crippen molar-refractivity contribution in [2.45, 2.75) is 13.0 Å². The number of hydrogen-bond donors (Lipinski definition) is 1. The zero-order valence-electron chi connectivity index (χ0n) is 7.58. The van der Waals surface area contributed by atoms with Crippen LogP contribution in [0.2, 0.25) is 0 Å². The summed E-state index contributed by atoms with van der Waals surface area (Å²) in [5.41, 5.74) is 6.35. The highest BCUT2D eigenvalue weighted by molar-refractivity contribution is 6.50. The molecule has 0 unspecified atom stereocenters. The van der Waals surface area contributed by atoms with Crippen molar-refractivity contribution < 1.29 is 4.79 Å². The summed E-state index contributed by atoms with van der Waals surface area (Å²) in [4.78, 5) is 11.6. The second kappa shape index (κ2) is 4.64. The number of carbonyl (C=O) groups excluding carboxylic acids is 1. The normalized spacial score (nSPS) is 12.3. The summed E-state index contributed by atoms with van der Waals surface area (Å²) >= 11 is 11.1. The van der Waals surface area contributed by atoms with Crippen LogP contribution in [0.5, 0.6) is 0 Å². The molecule has 0 saturated heterocycles. The zero-order chi connectivity index (χ0) is 10.7. The molecule has 1 aromatic carbocycles. The lowest BCUT2D eigenvalue weighted by Crippen LogP contribution is -2.27. The number of nitrogens with two attached hydrogens (primary N) is 1. The SMILES string of the molecule is C[C@H](N)C(=O)c1ccccc1N(Cl)Cl. The largest absolute Gasteiger partial charge is 0.321 e. The predicted octanol–water partition coefficient (Wildman–Crippen LogP) is 2.33. The van der Waals surface area contributed by atoms with Crippen molar-refractivity contribution in [1.29, 1.82) is 0 Å². The van der Waals surface area contributed by atoms with Crippen molar-refractivity contribution in [1.82, 2.24) is 0 Å². The first kappa shape index (κ1) is 11.3. The van der Waals surface area contributed by atoms with Crippen LogP contribution in [0.25, 0.3) is 0 Å². The monoisotopic (exact) mass is 232 g/mol. The Bertz CT molecular complexity index is 339. The summed E-state index contributed by atoms with van der Waals surface area (Å²) in [6, 6.07) is 6.19. The number of hydrogen-bond acceptors (Lipinski definition) is 3. The van der Waals surface area contributed by atoms with Crippen molar-refractivity contribution in [2.75, 3.05) is 3.94 Å². The maximum atomic E-state index is 11.6. The number of para-hydroxylation sites is 1. The van der Waals surface area contributed by atoms with Gasteiger partial charge in [0, 0.05) is 29.1 Å². The van der Waals surface area contributed by atoms with E-state index in [-0.39, 0.29) is 5.78 Å². The van der Waals surface area contributed by atoms with Crippen LogP contribution >= 0.6 is 23.6 Å². The van der Waals surface area contributed by atoms with Gasteiger partial charge in [-0.2, -0.15) is 3.94 Å². The van der Waals surface area contributed by atoms with Gasteiger partial charge in [-0.3, -0.25) is 4.79 Å². The van der Waals surface area contributed by atoms with E-state index < -0.39 is 6.04 Å². The molecule has 1 rings (SSSR count). The molecule has 0 heterocycles. The quantitative estimate of drug-likeness (QED) is 0.643. The molecule has 3 nitrogen and oxygen atoms in total. The molecule has 0 amide bonds. The highest BCUT2D eigenvalue weighted by Gasteiger charge is 2.16. The maximum absolute atomic E-state index is 11.6. The van der Waals surface area contributed by atoms with Gasteiger partial charge in [0.05, 0.1) is 11.7 Å². The van der Waals surface area contributed by atoms with Gasteiger partial charge in [0.1, 0.15) is 0 Å². The second-order valence-electron chi connectivity index (χ2n) is 2.90. The first-order valence-corrected chi connectivity index (χ1v) is 4.72. The Balaban J connectivity index is 3.13. The number of nitrogens with zero attached hydrogens (tertiary/aromatic N) is 1. The van der Waals surface area contributed by atoms with Crippen LogP contribution in [0.1, 0.15) is 17.3 Å². The molecule has 0 spiro atoms. The van der Waals surface area contributed by atoms with Gasteiger partial charge in [-0.05, 0) is 19.1 Å². The van der Waals surface area contributed by atoms with Crippen LogP contribution in [-0.4, -0.2) is 11.8 Å². The third-order valence-corrected chi connectivity index (χ3v) is 2.13. The summed E-state index contributed by atoms with van der Waals surface area (Å²) in [7, 11) is 0. The van der Waals surface area contributed by atoms with E-state index in [0.717, 1.165) is 3.94 Å². The van der Waals surface area contributed by atoms with E-state index in [4.69, 9.17) is 29.3 Å². The maximum Gasteiger partial charge on any atom is 0.181 e. The van der Waals surface area contributed by atoms with Crippen LogP contribution in [0.3, 0.4) is 0 Å². The van der Waals surface area contributed by atoms with E-state index in [1.807, 2.05) is 0 Å². The van der Waals surface area contributed by atoms with Gasteiger partial charge in [0.2, 0.25) is 0 Å². The number of benzene rings is 1. The summed E-state index contributed by atoms with van der Waals surface area (Å²) in [5.74, 6) is -0.188. The molecule has 0 aliphatic carbocycles. The topological polar surface area (TPSA) is 46.3 Å². The van der Waals surface area contributed by atoms with Gasteiger partial charge in [-0.25, -0.2) is 0 Å². The Morgan fingerprint density at radius 1 is 1.43 bits per heavy atom. The summed E-state index contributed by atoms with van der Waals surface area (Å²) in [5, 5.41) is 0. The van der Waals surface area contributed by atoms with Gasteiger partial charge >= 0.3 is 0 Å². The first-order chi connectivity index (χ1) is 6.54. The minimum Gasteiger partial charge on any atom is -0.321 e. The van der Waals surface area contributed by atoms with Gasteiger partial charge in [0.15, 0.2) is 5.78 Å². The van der Waals surface area contributed by atoms with Crippen molar-refractivity contribution in [2.24, 2.45) is 5.73 Å². The van der Waals surface area contributed by atoms with Gasteiger partial charge in [-0.1, -0.05) is 12.1 Å². The van der Waals surface area contributed by atoms with Crippen LogP contribution in [0.15, 0.2) is 24.3 Å². The number of anilines is 1. The lowest BCUT2D eigenvalue weighted by atomic mass is 10.0. The molecule has 0 saturated carbocycles. The Morgan fingerprint density at radius 3 is 2.50 bits per heavy atom. The molecule has 0 aliphatic rings. The fraction of sp³-hybridized carbons (Fsp3) is 0.222. The molecule has 5 heteroatoms. The highest BCUT2D eigenvalue weighted by atomic mass is 35.5. The zero-order valence-corrected chi connectivity index (χ0v) is 9.09. The van der Waals surface area contributed by atoms with Crippen molar-refractivity contribution in [3.8, 4) is 0 Å². The molecule has 1 aromatic rings. The number of carbonyl (C=O) groups is 1. The minimum atomic E-state index is -0.565. The Hall–Kier alpha value is -0.770. The fourth-order valence-electron chi connectivity index (χ4n) is 1.07. The summed E-state index contributed by atoms with van der Waals surface area (Å²) in [6.45, 7) is 1.62. The number of Topliss-reactive ketones (excluding diaryl/α,β-unsaturated/α-hetero) is 1. The van der Waals surface area contributed by atoms with E-state index in [1.54, 1.807) is 31.2 Å². The van der Waals surface area contributed by atoms with Crippen molar-refractivity contribution >= 4 is 35.0 Å². The molecule has 14 heavy (non-hydrogen) atoms. The Kier molecular flexibility index (Phi) is 3.75. The lowest BCUT2D eigenvalue weighted by Gasteiger charge is -2.12.